The molecule has 9 heteroatoms. The fraction of sp³-hybridized carbons (Fsp3) is 0.423. The van der Waals surface area contributed by atoms with Crippen LogP contribution in [0.4, 0.5) is 13.2 Å². The lowest BCUT2D eigenvalue weighted by Crippen LogP contribution is -2.31. The van der Waals surface area contributed by atoms with E-state index >= 15 is 0 Å². The highest BCUT2D eigenvalue weighted by molar-refractivity contribution is 6.38. The van der Waals surface area contributed by atoms with Crippen LogP contribution >= 0.6 is 35.6 Å². The molecule has 2 aromatic carbocycles. The zero-order valence-electron chi connectivity index (χ0n) is 19.7. The quantitative estimate of drug-likeness (QED) is 0.275. The summed E-state index contributed by atoms with van der Waals surface area (Å²) >= 11 is 12.7. The van der Waals surface area contributed by atoms with Crippen LogP contribution in [0.5, 0.6) is 0 Å². The molecule has 1 N–H and O–H groups in total. The lowest BCUT2D eigenvalue weighted by Gasteiger charge is -2.26. The largest absolute Gasteiger partial charge is 0.416 e. The first kappa shape index (κ1) is 29.7. The van der Waals surface area contributed by atoms with Crippen LogP contribution in [0.2, 0.25) is 10.0 Å². The third kappa shape index (κ3) is 7.70. The molecule has 0 fully saturated rings. The van der Waals surface area contributed by atoms with E-state index in [9.17, 15) is 18.3 Å². The Morgan fingerprint density at radius 3 is 2.11 bits per heavy atom. The Balaban J connectivity index is 0.00000432. The van der Waals surface area contributed by atoms with Gasteiger partial charge in [0.2, 0.25) is 0 Å². The third-order valence-electron chi connectivity index (χ3n) is 5.82. The van der Waals surface area contributed by atoms with Gasteiger partial charge in [0.05, 0.1) is 27.9 Å². The maximum absolute atomic E-state index is 13.0. The van der Waals surface area contributed by atoms with Gasteiger partial charge in [0.25, 0.3) is 0 Å². The highest BCUT2D eigenvalue weighted by Crippen LogP contribution is 2.36. The topological polar surface area (TPSA) is 36.4 Å². The first-order chi connectivity index (χ1) is 16.1. The Bertz CT molecular complexity index is 1100. The van der Waals surface area contributed by atoms with Crippen molar-refractivity contribution in [1.82, 2.24) is 9.88 Å². The number of rotatable bonds is 10. The van der Waals surface area contributed by atoms with Gasteiger partial charge in [-0.25, -0.2) is 4.98 Å². The molecule has 0 aliphatic rings. The molecule has 3 aromatic rings. The molecule has 0 radical (unpaired) electrons. The number of unbranched alkanes of at least 4 members (excludes halogenated alkanes) is 2. The molecule has 3 nitrogen and oxygen atoms in total. The number of aromatic nitrogens is 1. The van der Waals surface area contributed by atoms with Gasteiger partial charge in [0, 0.05) is 22.5 Å². The second kappa shape index (κ2) is 13.1. The van der Waals surface area contributed by atoms with Crippen molar-refractivity contribution < 1.29 is 18.3 Å². The van der Waals surface area contributed by atoms with Gasteiger partial charge in [-0.15, -0.1) is 12.4 Å². The first-order valence-corrected chi connectivity index (χ1v) is 12.3. The van der Waals surface area contributed by atoms with Crippen molar-refractivity contribution in [2.24, 2.45) is 0 Å². The van der Waals surface area contributed by atoms with Crippen molar-refractivity contribution in [3.8, 4) is 11.3 Å². The van der Waals surface area contributed by atoms with Crippen LogP contribution in [0.15, 0.2) is 42.5 Å². The second-order valence-electron chi connectivity index (χ2n) is 8.48. The standard InChI is InChI=1S/C26H29Cl2F3N2O.ClH/c1-3-5-11-33(12-6-4-2)16-24(34)20-15-23(17-7-9-18(10-8-17)26(29,30)31)32-25-21(20)13-19(27)14-22(25)28;/h7-10,13-15,24,34H,3-6,11-12,16H2,1-2H3;1H. The summed E-state index contributed by atoms with van der Waals surface area (Å²) in [5, 5.41) is 12.7. The summed E-state index contributed by atoms with van der Waals surface area (Å²) in [4.78, 5) is 6.85. The van der Waals surface area contributed by atoms with Crippen LogP contribution in [-0.2, 0) is 6.18 Å². The van der Waals surface area contributed by atoms with Gasteiger partial charge in [0.15, 0.2) is 0 Å². The predicted molar refractivity (Wildman–Crippen MR) is 141 cm³/mol. The summed E-state index contributed by atoms with van der Waals surface area (Å²) in [5.74, 6) is 0. The Kier molecular flexibility index (Phi) is 11.1. The average Bonchev–Trinajstić information content (AvgIpc) is 2.79. The van der Waals surface area contributed by atoms with Crippen molar-refractivity contribution in [1.29, 1.82) is 0 Å². The number of hydrogen-bond donors (Lipinski definition) is 1. The smallest absolute Gasteiger partial charge is 0.387 e. The lowest BCUT2D eigenvalue weighted by atomic mass is 9.99. The van der Waals surface area contributed by atoms with E-state index in [-0.39, 0.29) is 12.4 Å². The third-order valence-corrected chi connectivity index (χ3v) is 6.32. The van der Waals surface area contributed by atoms with Crippen molar-refractivity contribution in [2.45, 2.75) is 51.8 Å². The zero-order valence-corrected chi connectivity index (χ0v) is 22.0. The van der Waals surface area contributed by atoms with Crippen molar-refractivity contribution in [3.63, 3.8) is 0 Å². The molecule has 0 aliphatic heterocycles. The summed E-state index contributed by atoms with van der Waals surface area (Å²) in [6, 6.07) is 9.82. The molecule has 0 bridgehead atoms. The molecule has 1 heterocycles. The molecule has 0 aliphatic carbocycles. The van der Waals surface area contributed by atoms with Crippen LogP contribution in [0.1, 0.15) is 56.8 Å². The SMILES string of the molecule is CCCCN(CCCC)CC(O)c1cc(-c2ccc(C(F)(F)F)cc2)nc2c(Cl)cc(Cl)cc12.Cl. The van der Waals surface area contributed by atoms with E-state index in [4.69, 9.17) is 23.2 Å². The number of alkyl halides is 3. The molecule has 1 unspecified atom stereocenters. The van der Waals surface area contributed by atoms with Crippen molar-refractivity contribution >= 4 is 46.5 Å². The molecule has 3 rings (SSSR count). The van der Waals surface area contributed by atoms with E-state index in [2.05, 4.69) is 23.7 Å². The fourth-order valence-corrected chi connectivity index (χ4v) is 4.47. The number of hydrogen-bond acceptors (Lipinski definition) is 3. The van der Waals surface area contributed by atoms with Gasteiger partial charge in [-0.2, -0.15) is 13.2 Å². The van der Waals surface area contributed by atoms with Gasteiger partial charge in [-0.1, -0.05) is 62.0 Å². The van der Waals surface area contributed by atoms with Crippen LogP contribution in [0, 0.1) is 0 Å². The van der Waals surface area contributed by atoms with E-state index in [1.165, 1.54) is 12.1 Å². The normalized spacial score (nSPS) is 12.7. The minimum atomic E-state index is -4.42. The van der Waals surface area contributed by atoms with Gasteiger partial charge >= 0.3 is 6.18 Å². The molecular weight excluding hydrogens is 520 g/mol. The molecule has 1 atom stereocenters. The first-order valence-electron chi connectivity index (χ1n) is 11.5. The number of halogens is 6. The van der Waals surface area contributed by atoms with Crippen LogP contribution in [-0.4, -0.2) is 34.6 Å². The molecule has 1 aromatic heterocycles. The summed E-state index contributed by atoms with van der Waals surface area (Å²) < 4.78 is 39.0. The molecule has 0 saturated carbocycles. The molecule has 0 amide bonds. The maximum Gasteiger partial charge on any atom is 0.416 e. The highest BCUT2D eigenvalue weighted by Gasteiger charge is 2.30. The number of fused-ring (bicyclic) bond motifs is 1. The van der Waals surface area contributed by atoms with E-state index in [1.807, 2.05) is 0 Å². The van der Waals surface area contributed by atoms with E-state index in [0.717, 1.165) is 50.9 Å². The zero-order chi connectivity index (χ0) is 24.9. The van der Waals surface area contributed by atoms with Crippen molar-refractivity contribution in [3.05, 3.63) is 63.6 Å². The minimum absolute atomic E-state index is 0. The number of nitrogens with zero attached hydrogens (tertiary/aromatic N) is 2. The lowest BCUT2D eigenvalue weighted by molar-refractivity contribution is -0.137. The molecular formula is C26H30Cl3F3N2O. The van der Waals surface area contributed by atoms with E-state index in [1.54, 1.807) is 18.2 Å². The molecule has 192 valence electrons. The highest BCUT2D eigenvalue weighted by atomic mass is 35.5. The Morgan fingerprint density at radius 1 is 0.971 bits per heavy atom. The Morgan fingerprint density at radius 2 is 1.57 bits per heavy atom. The summed E-state index contributed by atoms with van der Waals surface area (Å²) in [6.07, 6.45) is -1.09. The van der Waals surface area contributed by atoms with Crippen LogP contribution < -0.4 is 0 Å². The van der Waals surface area contributed by atoms with E-state index in [0.29, 0.717) is 44.3 Å². The number of aliphatic hydroxyl groups is 1. The van der Waals surface area contributed by atoms with Crippen LogP contribution in [0.25, 0.3) is 22.2 Å². The molecule has 35 heavy (non-hydrogen) atoms. The number of pyridine rings is 1. The van der Waals surface area contributed by atoms with Gasteiger partial charge in [-0.3, -0.25) is 0 Å². The molecule has 0 spiro atoms. The summed E-state index contributed by atoms with van der Waals surface area (Å²) in [6.45, 7) is 6.44. The summed E-state index contributed by atoms with van der Waals surface area (Å²) in [5.41, 5.74) is 1.26. The fourth-order valence-electron chi connectivity index (χ4n) is 3.93. The average molecular weight is 550 g/mol. The Labute approximate surface area is 220 Å². The van der Waals surface area contributed by atoms with Crippen LogP contribution in [0.3, 0.4) is 0 Å². The minimum Gasteiger partial charge on any atom is -0.387 e. The van der Waals surface area contributed by atoms with Gasteiger partial charge in [0.1, 0.15) is 0 Å². The van der Waals surface area contributed by atoms with Crippen molar-refractivity contribution in [2.75, 3.05) is 19.6 Å². The van der Waals surface area contributed by atoms with Gasteiger partial charge in [-0.05, 0) is 61.8 Å². The van der Waals surface area contributed by atoms with Gasteiger partial charge < -0.3 is 10.0 Å². The maximum atomic E-state index is 13.0. The Hall–Kier alpha value is -1.57. The summed E-state index contributed by atoms with van der Waals surface area (Å²) in [7, 11) is 0. The van der Waals surface area contributed by atoms with E-state index < -0.39 is 17.8 Å². The monoisotopic (exact) mass is 548 g/mol. The number of aliphatic hydroxyl groups excluding tert-OH is 1. The molecule has 0 saturated heterocycles. The second-order valence-corrected chi connectivity index (χ2v) is 9.32. The number of benzene rings is 2. The predicted octanol–water partition coefficient (Wildman–Crippen LogP) is 8.58.